The Bertz CT molecular complexity index is 766. The summed E-state index contributed by atoms with van der Waals surface area (Å²) in [4.78, 5) is 0. The maximum atomic E-state index is 13.4. The van der Waals surface area contributed by atoms with Gasteiger partial charge in [0, 0.05) is 24.4 Å². The molecule has 2 heteroatoms. The zero-order chi connectivity index (χ0) is 16.1. The molecule has 0 radical (unpaired) electrons. The van der Waals surface area contributed by atoms with Gasteiger partial charge in [-0.05, 0) is 34.4 Å². The molecule has 1 aliphatic carbocycles. The van der Waals surface area contributed by atoms with Crippen LogP contribution >= 0.6 is 7.14 Å². The predicted molar refractivity (Wildman–Crippen MR) is 98.1 cm³/mol. The third-order valence-electron chi connectivity index (χ3n) is 6.05. The first-order valence-corrected chi connectivity index (χ1v) is 11.0. The van der Waals surface area contributed by atoms with Gasteiger partial charge >= 0.3 is 0 Å². The van der Waals surface area contributed by atoms with Gasteiger partial charge in [-0.25, -0.2) is 0 Å². The highest BCUT2D eigenvalue weighted by Crippen LogP contribution is 2.72. The minimum absolute atomic E-state index is 0.107. The van der Waals surface area contributed by atoms with E-state index in [2.05, 4.69) is 68.4 Å². The Labute approximate surface area is 139 Å². The molecule has 0 bridgehead atoms. The van der Waals surface area contributed by atoms with Gasteiger partial charge < -0.3 is 4.57 Å². The van der Waals surface area contributed by atoms with Crippen LogP contribution in [0.15, 0.2) is 54.6 Å². The van der Waals surface area contributed by atoms with Crippen LogP contribution in [0.2, 0.25) is 0 Å². The van der Waals surface area contributed by atoms with Crippen LogP contribution in [0, 0.1) is 5.41 Å². The van der Waals surface area contributed by atoms with Gasteiger partial charge in [-0.1, -0.05) is 68.4 Å². The lowest BCUT2D eigenvalue weighted by molar-refractivity contribution is 0.318. The molecule has 1 unspecified atom stereocenters. The molecule has 0 amide bonds. The van der Waals surface area contributed by atoms with E-state index in [1.807, 2.05) is 0 Å². The second-order valence-corrected chi connectivity index (χ2v) is 10.9. The summed E-state index contributed by atoms with van der Waals surface area (Å²) in [5.74, 6) is 0.846. The van der Waals surface area contributed by atoms with Crippen molar-refractivity contribution >= 4 is 7.14 Å². The second kappa shape index (κ2) is 5.35. The maximum absolute atomic E-state index is 13.4. The van der Waals surface area contributed by atoms with Crippen molar-refractivity contribution in [1.29, 1.82) is 0 Å². The molecule has 0 spiro atoms. The van der Waals surface area contributed by atoms with Crippen LogP contribution < -0.4 is 0 Å². The van der Waals surface area contributed by atoms with Crippen molar-refractivity contribution in [3.05, 3.63) is 71.3 Å². The molecule has 4 rings (SSSR count). The van der Waals surface area contributed by atoms with E-state index in [-0.39, 0.29) is 5.41 Å². The summed E-state index contributed by atoms with van der Waals surface area (Å²) in [6, 6.07) is 19.7. The first-order valence-electron chi connectivity index (χ1n) is 8.78. The van der Waals surface area contributed by atoms with Gasteiger partial charge in [-0.3, -0.25) is 0 Å². The van der Waals surface area contributed by atoms with Crippen molar-refractivity contribution in [3.63, 3.8) is 0 Å². The molecule has 1 aliphatic heterocycles. The minimum atomic E-state index is -2.03. The third kappa shape index (κ3) is 2.24. The van der Waals surface area contributed by atoms with E-state index < -0.39 is 7.14 Å². The summed E-state index contributed by atoms with van der Waals surface area (Å²) in [5, 5.41) is 0. The number of fused-ring (bicyclic) bond motifs is 3. The predicted octanol–water partition coefficient (Wildman–Crippen LogP) is 5.71. The van der Waals surface area contributed by atoms with E-state index in [4.69, 9.17) is 0 Å². The Morgan fingerprint density at radius 2 is 1.70 bits per heavy atom. The van der Waals surface area contributed by atoms with Crippen LogP contribution in [0.3, 0.4) is 0 Å². The highest BCUT2D eigenvalue weighted by atomic mass is 31.2. The smallest absolute Gasteiger partial charge is 0.0889 e. The molecule has 2 aliphatic rings. The minimum Gasteiger partial charge on any atom is -0.324 e. The van der Waals surface area contributed by atoms with E-state index in [1.165, 1.54) is 16.7 Å². The molecule has 4 atom stereocenters. The van der Waals surface area contributed by atoms with Crippen LogP contribution in [0.25, 0.3) is 0 Å². The lowest BCUT2D eigenvalue weighted by Crippen LogP contribution is -2.26. The van der Waals surface area contributed by atoms with E-state index >= 15 is 0 Å². The second-order valence-electron chi connectivity index (χ2n) is 7.65. The first kappa shape index (κ1) is 15.2. The highest BCUT2D eigenvalue weighted by molar-refractivity contribution is 7.64. The van der Waals surface area contributed by atoms with Crippen LogP contribution in [0.4, 0.5) is 0 Å². The van der Waals surface area contributed by atoms with Crippen molar-refractivity contribution < 1.29 is 4.57 Å². The first-order chi connectivity index (χ1) is 11.1. The summed E-state index contributed by atoms with van der Waals surface area (Å²) < 4.78 is 13.4. The summed E-state index contributed by atoms with van der Waals surface area (Å²) in [6.45, 7) is 4.56. The Kier molecular flexibility index (Phi) is 3.54. The van der Waals surface area contributed by atoms with Crippen molar-refractivity contribution in [2.24, 2.45) is 5.41 Å². The van der Waals surface area contributed by atoms with Gasteiger partial charge in [0.05, 0.1) is 7.14 Å². The van der Waals surface area contributed by atoms with Gasteiger partial charge in [-0.2, -0.15) is 0 Å². The molecule has 0 N–H and O–H groups in total. The summed E-state index contributed by atoms with van der Waals surface area (Å²) in [5.41, 5.74) is 4.41. The number of rotatable bonds is 3. The largest absolute Gasteiger partial charge is 0.324 e. The Hall–Kier alpha value is -1.33. The SMILES string of the molecule is CCCP1(=O)C[C@H]2c3ccccc3[C@H](c3ccccc3)[C@@]2(C)C1. The number of hydrogen-bond acceptors (Lipinski definition) is 1. The molecule has 1 heterocycles. The molecule has 2 aromatic carbocycles. The van der Waals surface area contributed by atoms with Crippen molar-refractivity contribution in [3.8, 4) is 0 Å². The Balaban J connectivity index is 1.87. The summed E-state index contributed by atoms with van der Waals surface area (Å²) >= 11 is 0. The van der Waals surface area contributed by atoms with Gasteiger partial charge in [0.15, 0.2) is 0 Å². The molecule has 1 nitrogen and oxygen atoms in total. The van der Waals surface area contributed by atoms with Crippen LogP contribution in [-0.2, 0) is 4.57 Å². The number of benzene rings is 2. The van der Waals surface area contributed by atoms with Crippen LogP contribution in [0.1, 0.15) is 48.8 Å². The average molecular weight is 324 g/mol. The fourth-order valence-corrected chi connectivity index (χ4v) is 9.52. The van der Waals surface area contributed by atoms with Gasteiger partial charge in [0.1, 0.15) is 0 Å². The standard InChI is InChI=1S/C21H25OP/c1-3-13-23(22)14-19-17-11-7-8-12-18(17)20(21(19,2)15-23)16-9-5-4-6-10-16/h4-12,19-20H,3,13-15H2,1-2H3/t19-,20-,21-,23?/m0/s1. The van der Waals surface area contributed by atoms with Gasteiger partial charge in [0.25, 0.3) is 0 Å². The van der Waals surface area contributed by atoms with Crippen molar-refractivity contribution in [2.45, 2.75) is 32.1 Å². The monoisotopic (exact) mass is 324 g/mol. The van der Waals surface area contributed by atoms with E-state index in [9.17, 15) is 4.57 Å². The third-order valence-corrected chi connectivity index (χ3v) is 9.60. The molecule has 0 aromatic heterocycles. The number of hydrogen-bond donors (Lipinski definition) is 0. The van der Waals surface area contributed by atoms with E-state index in [0.29, 0.717) is 11.8 Å². The summed E-state index contributed by atoms with van der Waals surface area (Å²) in [7, 11) is -2.03. The van der Waals surface area contributed by atoms with E-state index in [0.717, 1.165) is 24.9 Å². The van der Waals surface area contributed by atoms with Gasteiger partial charge in [0.2, 0.25) is 0 Å². The fraction of sp³-hybridized carbons (Fsp3) is 0.429. The molecular formula is C21H25OP. The zero-order valence-corrected chi connectivity index (χ0v) is 14.9. The molecule has 0 saturated carbocycles. The molecule has 1 fully saturated rings. The topological polar surface area (TPSA) is 17.1 Å². The molecule has 2 aromatic rings. The lowest BCUT2D eigenvalue weighted by Gasteiger charge is -2.32. The van der Waals surface area contributed by atoms with Crippen LogP contribution in [0.5, 0.6) is 0 Å². The molecule has 120 valence electrons. The molecular weight excluding hydrogens is 299 g/mol. The summed E-state index contributed by atoms with van der Waals surface area (Å²) in [6.07, 6.45) is 3.78. The highest BCUT2D eigenvalue weighted by Gasteiger charge is 2.58. The molecule has 1 saturated heterocycles. The molecule has 23 heavy (non-hydrogen) atoms. The zero-order valence-electron chi connectivity index (χ0n) is 14.0. The Morgan fingerprint density at radius 3 is 2.39 bits per heavy atom. The lowest BCUT2D eigenvalue weighted by atomic mass is 9.71. The van der Waals surface area contributed by atoms with Crippen LogP contribution in [-0.4, -0.2) is 18.5 Å². The quantitative estimate of drug-likeness (QED) is 0.661. The normalized spacial score (nSPS) is 35.0. The van der Waals surface area contributed by atoms with Crippen molar-refractivity contribution in [2.75, 3.05) is 18.5 Å². The van der Waals surface area contributed by atoms with E-state index in [1.54, 1.807) is 0 Å². The van der Waals surface area contributed by atoms with Gasteiger partial charge in [-0.15, -0.1) is 0 Å². The fourth-order valence-electron chi connectivity index (χ4n) is 5.31. The average Bonchev–Trinajstić information content (AvgIpc) is 2.93. The maximum Gasteiger partial charge on any atom is 0.0889 e. The van der Waals surface area contributed by atoms with Crippen molar-refractivity contribution in [1.82, 2.24) is 0 Å². The Morgan fingerprint density at radius 1 is 1.04 bits per heavy atom.